The topological polar surface area (TPSA) is 67.5 Å². The summed E-state index contributed by atoms with van der Waals surface area (Å²) in [6.07, 6.45) is 1.44. The first-order chi connectivity index (χ1) is 13.3. The lowest BCUT2D eigenvalue weighted by molar-refractivity contribution is -0.140. The van der Waals surface area contributed by atoms with Crippen LogP contribution < -0.4 is 0 Å². The molecule has 0 unspecified atom stereocenters. The van der Waals surface area contributed by atoms with Crippen molar-refractivity contribution in [2.24, 2.45) is 5.41 Å². The summed E-state index contributed by atoms with van der Waals surface area (Å²) in [6.45, 7) is 4.49. The van der Waals surface area contributed by atoms with Gasteiger partial charge in [0, 0.05) is 0 Å². The number of Topliss-reactive ketones (excluding diaryl/α,β-unsaturated/α-hetero) is 2. The van der Waals surface area contributed by atoms with Crippen molar-refractivity contribution in [3.63, 3.8) is 0 Å². The van der Waals surface area contributed by atoms with Crippen molar-refractivity contribution >= 4 is 11.6 Å². The average molecular weight is 374 g/mol. The average Bonchev–Trinajstić information content (AvgIpc) is 3.17. The molecule has 4 heteroatoms. The van der Waals surface area contributed by atoms with Crippen LogP contribution in [0.3, 0.4) is 0 Å². The van der Waals surface area contributed by atoms with E-state index in [0.29, 0.717) is 11.3 Å². The van der Waals surface area contributed by atoms with Crippen LogP contribution >= 0.6 is 0 Å². The normalized spacial score (nSPS) is 26.7. The summed E-state index contributed by atoms with van der Waals surface area (Å²) in [5.74, 6) is -0.870. The molecule has 1 heterocycles. The van der Waals surface area contributed by atoms with Crippen LogP contribution in [0.2, 0.25) is 0 Å². The summed E-state index contributed by atoms with van der Waals surface area (Å²) >= 11 is 0. The SMILES string of the molecule is CC(=O)[C@@]1(C)[C@H](c2ccc(-c3ccccc3)cc2)c2occc2C(=O)[C@]1(C)O. The van der Waals surface area contributed by atoms with Gasteiger partial charge >= 0.3 is 0 Å². The van der Waals surface area contributed by atoms with Gasteiger partial charge in [0.2, 0.25) is 0 Å². The molecule has 0 saturated heterocycles. The zero-order valence-electron chi connectivity index (χ0n) is 16.1. The fourth-order valence-electron chi connectivity index (χ4n) is 4.30. The molecular weight excluding hydrogens is 352 g/mol. The van der Waals surface area contributed by atoms with Crippen molar-refractivity contribution in [1.29, 1.82) is 0 Å². The van der Waals surface area contributed by atoms with Gasteiger partial charge in [0.15, 0.2) is 5.78 Å². The summed E-state index contributed by atoms with van der Waals surface area (Å²) in [4.78, 5) is 25.6. The van der Waals surface area contributed by atoms with Crippen molar-refractivity contribution in [1.82, 2.24) is 0 Å². The number of benzene rings is 2. The van der Waals surface area contributed by atoms with Crippen molar-refractivity contribution in [2.45, 2.75) is 32.3 Å². The number of ketones is 2. The molecule has 1 aliphatic carbocycles. The van der Waals surface area contributed by atoms with Gasteiger partial charge in [-0.3, -0.25) is 9.59 Å². The molecule has 0 fully saturated rings. The summed E-state index contributed by atoms with van der Waals surface area (Å²) in [7, 11) is 0. The molecule has 3 atom stereocenters. The summed E-state index contributed by atoms with van der Waals surface area (Å²) in [5.41, 5.74) is 0.115. The maximum absolute atomic E-state index is 12.9. The van der Waals surface area contributed by atoms with E-state index in [2.05, 4.69) is 0 Å². The van der Waals surface area contributed by atoms with Gasteiger partial charge in [-0.15, -0.1) is 0 Å². The number of carbonyl (C=O) groups excluding carboxylic acids is 2. The molecule has 0 saturated carbocycles. The molecule has 0 radical (unpaired) electrons. The lowest BCUT2D eigenvalue weighted by Crippen LogP contribution is -2.60. The van der Waals surface area contributed by atoms with Crippen LogP contribution in [-0.4, -0.2) is 22.3 Å². The maximum atomic E-state index is 12.9. The molecule has 142 valence electrons. The highest BCUT2D eigenvalue weighted by atomic mass is 16.3. The summed E-state index contributed by atoms with van der Waals surface area (Å²) in [5, 5.41) is 11.1. The molecule has 1 aliphatic rings. The monoisotopic (exact) mass is 374 g/mol. The van der Waals surface area contributed by atoms with Crippen LogP contribution in [0.5, 0.6) is 0 Å². The standard InChI is InChI=1S/C24H22O4/c1-15(25)23(2)20(21-19(13-14-28-21)22(26)24(23,3)27)18-11-9-17(10-12-18)16-7-5-4-6-8-16/h4-14,20,27H,1-3H3/t20-,23+,24+/m1/s1. The van der Waals surface area contributed by atoms with E-state index in [-0.39, 0.29) is 5.78 Å². The second-order valence-electron chi connectivity index (χ2n) is 7.78. The van der Waals surface area contributed by atoms with Crippen LogP contribution in [0.15, 0.2) is 71.3 Å². The van der Waals surface area contributed by atoms with Gasteiger partial charge in [-0.25, -0.2) is 0 Å². The minimum absolute atomic E-state index is 0.259. The third-order valence-electron chi connectivity index (χ3n) is 6.32. The van der Waals surface area contributed by atoms with E-state index in [9.17, 15) is 14.7 Å². The number of hydrogen-bond acceptors (Lipinski definition) is 4. The first-order valence-electron chi connectivity index (χ1n) is 9.29. The van der Waals surface area contributed by atoms with Crippen LogP contribution in [0.1, 0.15) is 48.4 Å². The Morgan fingerprint density at radius 3 is 2.18 bits per heavy atom. The molecule has 1 N–H and O–H groups in total. The zero-order chi connectivity index (χ0) is 20.1. The molecule has 3 aromatic rings. The molecule has 4 rings (SSSR count). The predicted octanol–water partition coefficient (Wildman–Crippen LogP) is 4.62. The molecule has 0 aliphatic heterocycles. The molecule has 0 amide bonds. The Morgan fingerprint density at radius 2 is 1.57 bits per heavy atom. The molecular formula is C24H22O4. The van der Waals surface area contributed by atoms with E-state index < -0.39 is 22.7 Å². The number of carbonyl (C=O) groups is 2. The maximum Gasteiger partial charge on any atom is 0.198 e. The van der Waals surface area contributed by atoms with E-state index in [1.807, 2.05) is 54.6 Å². The van der Waals surface area contributed by atoms with Gasteiger partial charge in [0.05, 0.1) is 23.2 Å². The second kappa shape index (κ2) is 6.28. The minimum atomic E-state index is -1.83. The number of hydrogen-bond donors (Lipinski definition) is 1. The number of rotatable bonds is 3. The Morgan fingerprint density at radius 1 is 0.964 bits per heavy atom. The zero-order valence-corrected chi connectivity index (χ0v) is 16.1. The molecule has 0 bridgehead atoms. The van der Waals surface area contributed by atoms with E-state index in [4.69, 9.17) is 4.42 Å². The van der Waals surface area contributed by atoms with E-state index in [1.54, 1.807) is 13.0 Å². The van der Waals surface area contributed by atoms with Crippen molar-refractivity contribution in [3.8, 4) is 11.1 Å². The highest BCUT2D eigenvalue weighted by Gasteiger charge is 2.62. The van der Waals surface area contributed by atoms with Gasteiger partial charge in [0.1, 0.15) is 17.1 Å². The Hall–Kier alpha value is -2.98. The number of furan rings is 1. The Labute approximate surface area is 163 Å². The summed E-state index contributed by atoms with van der Waals surface area (Å²) < 4.78 is 5.66. The molecule has 28 heavy (non-hydrogen) atoms. The van der Waals surface area contributed by atoms with Crippen LogP contribution in [0.4, 0.5) is 0 Å². The van der Waals surface area contributed by atoms with Crippen LogP contribution in [0, 0.1) is 5.41 Å². The van der Waals surface area contributed by atoms with Crippen molar-refractivity contribution < 1.29 is 19.1 Å². The van der Waals surface area contributed by atoms with Gasteiger partial charge in [-0.05, 0) is 43.5 Å². The first kappa shape index (κ1) is 18.4. The lowest BCUT2D eigenvalue weighted by Gasteiger charge is -2.47. The lowest BCUT2D eigenvalue weighted by atomic mass is 9.55. The quantitative estimate of drug-likeness (QED) is 0.726. The summed E-state index contributed by atoms with van der Waals surface area (Å²) in [6, 6.07) is 19.4. The fourth-order valence-corrected chi connectivity index (χ4v) is 4.30. The highest BCUT2D eigenvalue weighted by molar-refractivity contribution is 6.09. The minimum Gasteiger partial charge on any atom is -0.468 e. The van der Waals surface area contributed by atoms with Gasteiger partial charge in [0.25, 0.3) is 0 Å². The fraction of sp³-hybridized carbons (Fsp3) is 0.250. The third kappa shape index (κ3) is 2.41. The molecule has 1 aromatic heterocycles. The smallest absolute Gasteiger partial charge is 0.198 e. The Bertz CT molecular complexity index is 1040. The van der Waals surface area contributed by atoms with Gasteiger partial charge in [-0.1, -0.05) is 54.6 Å². The first-order valence-corrected chi connectivity index (χ1v) is 9.29. The van der Waals surface area contributed by atoms with Crippen LogP contribution in [-0.2, 0) is 4.79 Å². The van der Waals surface area contributed by atoms with Gasteiger partial charge in [-0.2, -0.15) is 0 Å². The van der Waals surface area contributed by atoms with E-state index >= 15 is 0 Å². The Balaban J connectivity index is 1.88. The third-order valence-corrected chi connectivity index (χ3v) is 6.32. The largest absolute Gasteiger partial charge is 0.468 e. The van der Waals surface area contributed by atoms with Crippen molar-refractivity contribution in [2.75, 3.05) is 0 Å². The molecule has 4 nitrogen and oxygen atoms in total. The van der Waals surface area contributed by atoms with E-state index in [1.165, 1.54) is 20.1 Å². The highest BCUT2D eigenvalue weighted by Crippen LogP contribution is 2.54. The second-order valence-corrected chi connectivity index (χ2v) is 7.78. The molecule has 2 aromatic carbocycles. The number of fused-ring (bicyclic) bond motifs is 1. The number of aliphatic hydroxyl groups is 1. The Kier molecular flexibility index (Phi) is 4.12. The predicted molar refractivity (Wildman–Crippen MR) is 106 cm³/mol. The van der Waals surface area contributed by atoms with Crippen molar-refractivity contribution in [3.05, 3.63) is 83.8 Å². The molecule has 0 spiro atoms. The van der Waals surface area contributed by atoms with Crippen LogP contribution in [0.25, 0.3) is 11.1 Å². The van der Waals surface area contributed by atoms with Gasteiger partial charge < -0.3 is 9.52 Å². The van der Waals surface area contributed by atoms with E-state index in [0.717, 1.165) is 16.7 Å².